The van der Waals surface area contributed by atoms with Gasteiger partial charge in [0.25, 0.3) is 0 Å². The van der Waals surface area contributed by atoms with Crippen molar-refractivity contribution in [2.45, 2.75) is 45.6 Å². The van der Waals surface area contributed by atoms with Crippen molar-refractivity contribution < 1.29 is 19.4 Å². The van der Waals surface area contributed by atoms with E-state index in [0.29, 0.717) is 12.5 Å². The number of hydrogen-bond acceptors (Lipinski definition) is 4. The molecule has 0 radical (unpaired) electrons. The van der Waals surface area contributed by atoms with Crippen molar-refractivity contribution in [2.75, 3.05) is 26.4 Å². The second kappa shape index (κ2) is 7.70. The maximum absolute atomic E-state index is 11.5. The van der Waals surface area contributed by atoms with Gasteiger partial charge in [0.1, 0.15) is 5.60 Å². The number of ether oxygens (including phenoxy) is 2. The molecule has 112 valence electrons. The van der Waals surface area contributed by atoms with Gasteiger partial charge in [-0.1, -0.05) is 0 Å². The monoisotopic (exact) mass is 273 g/mol. The molecule has 0 aromatic heterocycles. The molecule has 1 heterocycles. The van der Waals surface area contributed by atoms with E-state index in [9.17, 15) is 9.90 Å². The zero-order chi connectivity index (χ0) is 14.3. The molecule has 1 atom stereocenters. The Morgan fingerprint density at radius 2 is 2.05 bits per heavy atom. The van der Waals surface area contributed by atoms with Crippen LogP contribution in [0.5, 0.6) is 0 Å². The van der Waals surface area contributed by atoms with Crippen molar-refractivity contribution in [3.8, 4) is 0 Å². The molecule has 1 aliphatic heterocycles. The van der Waals surface area contributed by atoms with Crippen LogP contribution >= 0.6 is 0 Å². The Morgan fingerprint density at radius 1 is 1.42 bits per heavy atom. The molecule has 5 nitrogen and oxygen atoms in total. The number of carbonyl (C=O) groups is 1. The number of aliphatic hydroxyl groups is 1. The van der Waals surface area contributed by atoms with Gasteiger partial charge in [-0.25, -0.2) is 4.79 Å². The van der Waals surface area contributed by atoms with Crippen LogP contribution in [0.3, 0.4) is 0 Å². The average Bonchev–Trinajstić information content (AvgIpc) is 2.33. The highest BCUT2D eigenvalue weighted by atomic mass is 16.6. The van der Waals surface area contributed by atoms with E-state index in [1.165, 1.54) is 0 Å². The van der Waals surface area contributed by atoms with Crippen molar-refractivity contribution in [1.82, 2.24) is 5.32 Å². The Kier molecular flexibility index (Phi) is 6.58. The first-order chi connectivity index (χ1) is 8.90. The number of alkyl carbamates (subject to hydrolysis) is 1. The third kappa shape index (κ3) is 7.38. The quantitative estimate of drug-likeness (QED) is 0.803. The minimum Gasteiger partial charge on any atom is -0.444 e. The summed E-state index contributed by atoms with van der Waals surface area (Å²) in [6.07, 6.45) is 2.60. The molecular formula is C14H27NO4. The zero-order valence-electron chi connectivity index (χ0n) is 12.3. The van der Waals surface area contributed by atoms with E-state index in [2.05, 4.69) is 5.32 Å². The first-order valence-corrected chi connectivity index (χ1v) is 7.06. The van der Waals surface area contributed by atoms with Crippen LogP contribution in [-0.2, 0) is 9.47 Å². The summed E-state index contributed by atoms with van der Waals surface area (Å²) in [5.74, 6) is 0.682. The van der Waals surface area contributed by atoms with Crippen molar-refractivity contribution in [3.05, 3.63) is 0 Å². The van der Waals surface area contributed by atoms with Gasteiger partial charge in [-0.15, -0.1) is 0 Å². The van der Waals surface area contributed by atoms with Gasteiger partial charge in [0.05, 0.1) is 0 Å². The van der Waals surface area contributed by atoms with Crippen molar-refractivity contribution in [1.29, 1.82) is 0 Å². The normalized spacial score (nSPS) is 18.9. The second-order valence-electron chi connectivity index (χ2n) is 6.22. The summed E-state index contributed by atoms with van der Waals surface area (Å²) in [5.41, 5.74) is -0.487. The first-order valence-electron chi connectivity index (χ1n) is 7.06. The Bertz CT molecular complexity index is 269. The number of carbonyl (C=O) groups excluding carboxylic acids is 1. The van der Waals surface area contributed by atoms with Gasteiger partial charge in [0.15, 0.2) is 0 Å². The maximum atomic E-state index is 11.5. The summed E-state index contributed by atoms with van der Waals surface area (Å²) >= 11 is 0. The maximum Gasteiger partial charge on any atom is 0.407 e. The molecule has 0 saturated carbocycles. The number of aliphatic hydroxyl groups excluding tert-OH is 1. The van der Waals surface area contributed by atoms with Crippen LogP contribution in [0.15, 0.2) is 0 Å². The van der Waals surface area contributed by atoms with E-state index >= 15 is 0 Å². The third-order valence-electron chi connectivity index (χ3n) is 3.20. The van der Waals surface area contributed by atoms with E-state index in [1.807, 2.05) is 20.8 Å². The van der Waals surface area contributed by atoms with E-state index in [-0.39, 0.29) is 12.5 Å². The Balaban J connectivity index is 2.25. The molecule has 0 aromatic carbocycles. The highest BCUT2D eigenvalue weighted by Crippen LogP contribution is 2.22. The van der Waals surface area contributed by atoms with Crippen molar-refractivity contribution in [3.63, 3.8) is 0 Å². The lowest BCUT2D eigenvalue weighted by Gasteiger charge is -2.26. The lowest BCUT2D eigenvalue weighted by atomic mass is 9.89. The molecule has 1 saturated heterocycles. The fourth-order valence-corrected chi connectivity index (χ4v) is 2.22. The summed E-state index contributed by atoms with van der Waals surface area (Å²) in [4.78, 5) is 11.5. The molecule has 0 aromatic rings. The molecule has 1 aliphatic rings. The zero-order valence-corrected chi connectivity index (χ0v) is 12.3. The van der Waals surface area contributed by atoms with Gasteiger partial charge >= 0.3 is 6.09 Å². The largest absolute Gasteiger partial charge is 0.444 e. The number of amides is 1. The fraction of sp³-hybridized carbons (Fsp3) is 0.929. The Morgan fingerprint density at radius 3 is 2.58 bits per heavy atom. The summed E-state index contributed by atoms with van der Waals surface area (Å²) in [6.45, 7) is 7.66. The molecular weight excluding hydrogens is 246 g/mol. The molecule has 19 heavy (non-hydrogen) atoms. The smallest absolute Gasteiger partial charge is 0.407 e. The van der Waals surface area contributed by atoms with Crippen LogP contribution in [0.2, 0.25) is 0 Å². The Hall–Kier alpha value is -0.810. The van der Waals surface area contributed by atoms with E-state index in [1.54, 1.807) is 0 Å². The van der Waals surface area contributed by atoms with Crippen LogP contribution in [0.25, 0.3) is 0 Å². The van der Waals surface area contributed by atoms with E-state index < -0.39 is 11.7 Å². The lowest BCUT2D eigenvalue weighted by Crippen LogP contribution is -2.36. The topological polar surface area (TPSA) is 67.8 Å². The van der Waals surface area contributed by atoms with E-state index in [0.717, 1.165) is 32.5 Å². The predicted molar refractivity (Wildman–Crippen MR) is 73.0 cm³/mol. The highest BCUT2D eigenvalue weighted by molar-refractivity contribution is 5.67. The minimum atomic E-state index is -0.487. The van der Waals surface area contributed by atoms with Crippen LogP contribution < -0.4 is 5.32 Å². The van der Waals surface area contributed by atoms with Crippen LogP contribution in [-0.4, -0.2) is 43.2 Å². The molecule has 0 aliphatic carbocycles. The molecule has 2 N–H and O–H groups in total. The first kappa shape index (κ1) is 16.2. The second-order valence-corrected chi connectivity index (χ2v) is 6.22. The predicted octanol–water partition coefficient (Wildman–Crippen LogP) is 1.94. The summed E-state index contributed by atoms with van der Waals surface area (Å²) < 4.78 is 10.5. The number of rotatable bonds is 5. The standard InChI is InChI=1S/C14H27NO4/c1-14(2,3)19-13(17)15-9-12(10-16)8-11-4-6-18-7-5-11/h11-12,16H,4-10H2,1-3H3,(H,15,17). The number of nitrogens with one attached hydrogen (secondary N) is 1. The summed E-state index contributed by atoms with van der Waals surface area (Å²) in [6, 6.07) is 0. The molecule has 1 rings (SSSR count). The van der Waals surface area contributed by atoms with Gasteiger partial charge in [-0.2, -0.15) is 0 Å². The average molecular weight is 273 g/mol. The summed E-state index contributed by atoms with van der Waals surface area (Å²) in [7, 11) is 0. The van der Waals surface area contributed by atoms with Crippen LogP contribution in [0.4, 0.5) is 4.79 Å². The fourth-order valence-electron chi connectivity index (χ4n) is 2.22. The van der Waals surface area contributed by atoms with Gasteiger partial charge in [-0.3, -0.25) is 0 Å². The Labute approximate surface area is 115 Å². The van der Waals surface area contributed by atoms with Crippen molar-refractivity contribution >= 4 is 6.09 Å². The van der Waals surface area contributed by atoms with Crippen LogP contribution in [0.1, 0.15) is 40.0 Å². The van der Waals surface area contributed by atoms with E-state index in [4.69, 9.17) is 9.47 Å². The summed E-state index contributed by atoms with van der Waals surface area (Å²) in [5, 5.41) is 12.1. The van der Waals surface area contributed by atoms with Gasteiger partial charge in [-0.05, 0) is 51.9 Å². The van der Waals surface area contributed by atoms with Gasteiger partial charge < -0.3 is 19.9 Å². The number of hydrogen-bond donors (Lipinski definition) is 2. The minimum absolute atomic E-state index is 0.0904. The molecule has 1 unspecified atom stereocenters. The van der Waals surface area contributed by atoms with Gasteiger partial charge in [0.2, 0.25) is 0 Å². The molecule has 0 spiro atoms. The third-order valence-corrected chi connectivity index (χ3v) is 3.20. The van der Waals surface area contributed by atoms with Crippen LogP contribution in [0, 0.1) is 11.8 Å². The molecule has 1 fully saturated rings. The molecule has 5 heteroatoms. The van der Waals surface area contributed by atoms with Gasteiger partial charge in [0, 0.05) is 26.4 Å². The molecule has 1 amide bonds. The lowest BCUT2D eigenvalue weighted by molar-refractivity contribution is 0.0455. The van der Waals surface area contributed by atoms with Crippen molar-refractivity contribution in [2.24, 2.45) is 11.8 Å². The SMILES string of the molecule is CC(C)(C)OC(=O)NCC(CO)CC1CCOCC1. The molecule has 0 bridgehead atoms. The highest BCUT2D eigenvalue weighted by Gasteiger charge is 2.21.